The second-order valence-electron chi connectivity index (χ2n) is 4.22. The van der Waals surface area contributed by atoms with Crippen LogP contribution >= 0.6 is 0 Å². The van der Waals surface area contributed by atoms with E-state index in [0.29, 0.717) is 17.1 Å². The Morgan fingerprint density at radius 3 is 2.20 bits per heavy atom. The van der Waals surface area contributed by atoms with Crippen LogP contribution in [0.3, 0.4) is 0 Å². The van der Waals surface area contributed by atoms with Gasteiger partial charge in [0.25, 0.3) is 0 Å². The summed E-state index contributed by atoms with van der Waals surface area (Å²) >= 11 is 0. The topological polar surface area (TPSA) is 42.2 Å². The van der Waals surface area contributed by atoms with Crippen molar-refractivity contribution in [3.8, 4) is 17.6 Å². The smallest absolute Gasteiger partial charge is 0.125 e. The van der Waals surface area contributed by atoms with Crippen LogP contribution in [0.15, 0.2) is 18.2 Å². The number of methoxy groups -OCH3 is 1. The van der Waals surface area contributed by atoms with Gasteiger partial charge in [-0.25, -0.2) is 0 Å². The van der Waals surface area contributed by atoms with E-state index < -0.39 is 0 Å². The molecule has 1 rings (SSSR count). The minimum Gasteiger partial charge on any atom is -0.497 e. The van der Waals surface area contributed by atoms with E-state index in [4.69, 9.17) is 14.7 Å². The summed E-state index contributed by atoms with van der Waals surface area (Å²) in [6.07, 6.45) is 0. The van der Waals surface area contributed by atoms with E-state index in [1.54, 1.807) is 25.3 Å². The Kier molecular flexibility index (Phi) is 3.21. The van der Waals surface area contributed by atoms with E-state index in [1.807, 2.05) is 20.8 Å². The maximum Gasteiger partial charge on any atom is 0.125 e. The predicted molar refractivity (Wildman–Crippen MR) is 58.1 cm³/mol. The maximum atomic E-state index is 8.82. The van der Waals surface area contributed by atoms with E-state index >= 15 is 0 Å². The molecule has 0 saturated heterocycles. The first-order valence-corrected chi connectivity index (χ1v) is 4.73. The van der Waals surface area contributed by atoms with Gasteiger partial charge in [-0.3, -0.25) is 0 Å². The average Bonchev–Trinajstić information content (AvgIpc) is 2.14. The van der Waals surface area contributed by atoms with Gasteiger partial charge in [-0.1, -0.05) is 0 Å². The van der Waals surface area contributed by atoms with Crippen LogP contribution in [0.2, 0.25) is 0 Å². The third kappa shape index (κ3) is 3.51. The summed E-state index contributed by atoms with van der Waals surface area (Å²) in [4.78, 5) is 0. The van der Waals surface area contributed by atoms with Crippen LogP contribution in [0.5, 0.6) is 11.5 Å². The fourth-order valence-electron chi connectivity index (χ4n) is 1.17. The number of hydrogen-bond donors (Lipinski definition) is 0. The summed E-state index contributed by atoms with van der Waals surface area (Å²) in [7, 11) is 1.57. The highest BCUT2D eigenvalue weighted by Gasteiger charge is 2.13. The van der Waals surface area contributed by atoms with E-state index in [9.17, 15) is 0 Å². The Hall–Kier alpha value is -1.69. The molecule has 0 aliphatic heterocycles. The van der Waals surface area contributed by atoms with Gasteiger partial charge >= 0.3 is 0 Å². The van der Waals surface area contributed by atoms with Crippen LogP contribution < -0.4 is 9.47 Å². The number of benzene rings is 1. The number of nitrogens with zero attached hydrogens (tertiary/aromatic N) is 1. The molecule has 0 radical (unpaired) electrons. The van der Waals surface area contributed by atoms with Gasteiger partial charge in [-0.2, -0.15) is 5.26 Å². The lowest BCUT2D eigenvalue weighted by molar-refractivity contribution is 0.130. The minimum atomic E-state index is -0.279. The number of nitriles is 1. The Morgan fingerprint density at radius 2 is 1.73 bits per heavy atom. The molecule has 0 spiro atoms. The molecule has 1 aromatic carbocycles. The van der Waals surface area contributed by atoms with Crippen molar-refractivity contribution in [3.63, 3.8) is 0 Å². The van der Waals surface area contributed by atoms with Crippen LogP contribution in [0, 0.1) is 11.3 Å². The monoisotopic (exact) mass is 205 g/mol. The van der Waals surface area contributed by atoms with E-state index in [0.717, 1.165) is 0 Å². The highest BCUT2D eigenvalue weighted by atomic mass is 16.5. The SMILES string of the molecule is COc1cc(C#N)cc(OC(C)(C)C)c1. The molecule has 3 heteroatoms. The fourth-order valence-corrected chi connectivity index (χ4v) is 1.17. The molecule has 0 saturated carbocycles. The van der Waals surface area contributed by atoms with Gasteiger partial charge in [-0.15, -0.1) is 0 Å². The maximum absolute atomic E-state index is 8.82. The first-order chi connectivity index (χ1) is 6.94. The van der Waals surface area contributed by atoms with Crippen molar-refractivity contribution in [1.29, 1.82) is 5.26 Å². The average molecular weight is 205 g/mol. The molecule has 0 fully saturated rings. The van der Waals surface area contributed by atoms with Gasteiger partial charge in [-0.05, 0) is 32.9 Å². The molecule has 0 bridgehead atoms. The molecule has 0 amide bonds. The summed E-state index contributed by atoms with van der Waals surface area (Å²) in [6.45, 7) is 5.87. The number of hydrogen-bond acceptors (Lipinski definition) is 3. The van der Waals surface area contributed by atoms with Gasteiger partial charge in [0.2, 0.25) is 0 Å². The Bertz CT molecular complexity index is 386. The quantitative estimate of drug-likeness (QED) is 0.745. The number of ether oxygens (including phenoxy) is 2. The van der Waals surface area contributed by atoms with E-state index in [1.165, 1.54) is 0 Å². The highest BCUT2D eigenvalue weighted by Crippen LogP contribution is 2.25. The van der Waals surface area contributed by atoms with Crippen molar-refractivity contribution < 1.29 is 9.47 Å². The first-order valence-electron chi connectivity index (χ1n) is 4.73. The molecule has 0 aromatic heterocycles. The van der Waals surface area contributed by atoms with Gasteiger partial charge in [0, 0.05) is 6.07 Å². The van der Waals surface area contributed by atoms with Crippen molar-refractivity contribution in [1.82, 2.24) is 0 Å². The van der Waals surface area contributed by atoms with Gasteiger partial charge in [0.05, 0.1) is 18.7 Å². The third-order valence-corrected chi connectivity index (χ3v) is 1.67. The molecule has 1 aromatic rings. The van der Waals surface area contributed by atoms with Crippen molar-refractivity contribution in [3.05, 3.63) is 23.8 Å². The molecule has 15 heavy (non-hydrogen) atoms. The lowest BCUT2D eigenvalue weighted by atomic mass is 10.1. The molecule has 3 nitrogen and oxygen atoms in total. The summed E-state index contributed by atoms with van der Waals surface area (Å²) in [5, 5.41) is 8.82. The highest BCUT2D eigenvalue weighted by molar-refractivity contribution is 5.44. The Balaban J connectivity index is 3.03. The van der Waals surface area contributed by atoms with Crippen molar-refractivity contribution in [2.45, 2.75) is 26.4 Å². The molecule has 0 heterocycles. The van der Waals surface area contributed by atoms with E-state index in [-0.39, 0.29) is 5.60 Å². The molecule has 0 aliphatic carbocycles. The second-order valence-corrected chi connectivity index (χ2v) is 4.22. The molecule has 0 unspecified atom stereocenters. The fraction of sp³-hybridized carbons (Fsp3) is 0.417. The van der Waals surface area contributed by atoms with Crippen LogP contribution in [0.1, 0.15) is 26.3 Å². The lowest BCUT2D eigenvalue weighted by Crippen LogP contribution is -2.22. The van der Waals surface area contributed by atoms with Crippen molar-refractivity contribution in [2.75, 3.05) is 7.11 Å². The van der Waals surface area contributed by atoms with Crippen molar-refractivity contribution in [2.24, 2.45) is 0 Å². The third-order valence-electron chi connectivity index (χ3n) is 1.67. The molecular formula is C12H15NO2. The summed E-state index contributed by atoms with van der Waals surface area (Å²) < 4.78 is 10.7. The molecule has 0 atom stereocenters. The molecule has 80 valence electrons. The first kappa shape index (κ1) is 11.4. The zero-order valence-corrected chi connectivity index (χ0v) is 9.50. The van der Waals surface area contributed by atoms with Crippen LogP contribution in [-0.4, -0.2) is 12.7 Å². The standard InChI is InChI=1S/C12H15NO2/c1-12(2,3)15-11-6-9(8-13)5-10(7-11)14-4/h5-7H,1-4H3. The largest absolute Gasteiger partial charge is 0.497 e. The summed E-state index contributed by atoms with van der Waals surface area (Å²) in [6, 6.07) is 7.22. The second kappa shape index (κ2) is 4.22. The predicted octanol–water partition coefficient (Wildman–Crippen LogP) is 2.74. The van der Waals surface area contributed by atoms with Gasteiger partial charge in [0.15, 0.2) is 0 Å². The Labute approximate surface area is 90.2 Å². The van der Waals surface area contributed by atoms with Gasteiger partial charge in [0.1, 0.15) is 17.1 Å². The van der Waals surface area contributed by atoms with Crippen LogP contribution in [0.4, 0.5) is 0 Å². The normalized spacial score (nSPS) is 10.6. The summed E-state index contributed by atoms with van der Waals surface area (Å²) in [5.41, 5.74) is 0.257. The van der Waals surface area contributed by atoms with Crippen LogP contribution in [0.25, 0.3) is 0 Å². The molecular weight excluding hydrogens is 190 g/mol. The zero-order chi connectivity index (χ0) is 11.5. The Morgan fingerprint density at radius 1 is 1.13 bits per heavy atom. The molecule has 0 aliphatic rings. The molecule has 0 N–H and O–H groups in total. The van der Waals surface area contributed by atoms with Crippen molar-refractivity contribution >= 4 is 0 Å². The van der Waals surface area contributed by atoms with Gasteiger partial charge < -0.3 is 9.47 Å². The van der Waals surface area contributed by atoms with E-state index in [2.05, 4.69) is 6.07 Å². The summed E-state index contributed by atoms with van der Waals surface area (Å²) in [5.74, 6) is 1.28. The van der Waals surface area contributed by atoms with Crippen LogP contribution in [-0.2, 0) is 0 Å². The zero-order valence-electron chi connectivity index (χ0n) is 9.50. The number of rotatable bonds is 2. The minimum absolute atomic E-state index is 0.279. The lowest BCUT2D eigenvalue weighted by Gasteiger charge is -2.21.